The van der Waals surface area contributed by atoms with Crippen LogP contribution in [0.4, 0.5) is 0 Å². The second-order valence-corrected chi connectivity index (χ2v) is 5.58. The van der Waals surface area contributed by atoms with Gasteiger partial charge in [-0.2, -0.15) is 0 Å². The Morgan fingerprint density at radius 2 is 1.70 bits per heavy atom. The van der Waals surface area contributed by atoms with Crippen molar-refractivity contribution in [3.8, 4) is 11.1 Å². The zero-order chi connectivity index (χ0) is 14.1. The topological polar surface area (TPSA) is 37.3 Å². The molecule has 0 spiro atoms. The van der Waals surface area contributed by atoms with Crippen LogP contribution in [0.1, 0.15) is 46.7 Å². The van der Waals surface area contributed by atoms with Crippen molar-refractivity contribution < 1.29 is 9.90 Å². The van der Waals surface area contributed by atoms with Crippen LogP contribution in [-0.4, -0.2) is 11.1 Å². The van der Waals surface area contributed by atoms with E-state index in [9.17, 15) is 9.90 Å². The molecule has 0 amide bonds. The smallest absolute Gasteiger partial charge is 0.335 e. The number of carboxylic acid groups (broad SMARTS) is 1. The highest BCUT2D eigenvalue weighted by Gasteiger charge is 2.19. The Balaban J connectivity index is 1.92. The van der Waals surface area contributed by atoms with Gasteiger partial charge in [0.25, 0.3) is 0 Å². The minimum Gasteiger partial charge on any atom is -0.478 e. The van der Waals surface area contributed by atoms with Crippen molar-refractivity contribution in [3.05, 3.63) is 59.2 Å². The summed E-state index contributed by atoms with van der Waals surface area (Å²) in [5.74, 6) is -0.132. The molecule has 1 saturated carbocycles. The lowest BCUT2D eigenvalue weighted by atomic mass is 9.80. The maximum absolute atomic E-state index is 11.2. The zero-order valence-corrected chi connectivity index (χ0v) is 11.6. The summed E-state index contributed by atoms with van der Waals surface area (Å²) in [6.45, 7) is 1.83. The first-order valence-corrected chi connectivity index (χ1v) is 7.09. The zero-order valence-electron chi connectivity index (χ0n) is 11.6. The van der Waals surface area contributed by atoms with Crippen molar-refractivity contribution in [3.63, 3.8) is 0 Å². The van der Waals surface area contributed by atoms with E-state index in [4.69, 9.17) is 0 Å². The molecule has 0 saturated heterocycles. The van der Waals surface area contributed by atoms with Gasteiger partial charge in [0.15, 0.2) is 0 Å². The van der Waals surface area contributed by atoms with E-state index in [0.717, 1.165) is 22.6 Å². The molecule has 0 radical (unpaired) electrons. The number of aryl methyl sites for hydroxylation is 1. The van der Waals surface area contributed by atoms with Crippen LogP contribution in [0.25, 0.3) is 11.1 Å². The second-order valence-electron chi connectivity index (χ2n) is 5.58. The molecule has 1 N–H and O–H groups in total. The molecule has 1 fully saturated rings. The third-order valence-corrected chi connectivity index (χ3v) is 4.29. The summed E-state index contributed by atoms with van der Waals surface area (Å²) >= 11 is 0. The Labute approximate surface area is 119 Å². The molecule has 1 aliphatic carbocycles. The quantitative estimate of drug-likeness (QED) is 0.879. The fourth-order valence-electron chi connectivity index (χ4n) is 2.72. The minimum atomic E-state index is -0.865. The number of hydrogen-bond acceptors (Lipinski definition) is 1. The number of aromatic carboxylic acids is 1. The Morgan fingerprint density at radius 1 is 1.05 bits per heavy atom. The third kappa shape index (κ3) is 2.34. The van der Waals surface area contributed by atoms with Crippen LogP contribution in [-0.2, 0) is 0 Å². The van der Waals surface area contributed by atoms with Gasteiger partial charge in [0.2, 0.25) is 0 Å². The summed E-state index contributed by atoms with van der Waals surface area (Å²) in [5.41, 5.74) is 4.63. The molecule has 3 rings (SSSR count). The first-order chi connectivity index (χ1) is 9.65. The van der Waals surface area contributed by atoms with Gasteiger partial charge in [-0.05, 0) is 54.0 Å². The molecule has 0 heterocycles. The Kier molecular flexibility index (Phi) is 3.31. The number of benzene rings is 2. The first kappa shape index (κ1) is 12.9. The summed E-state index contributed by atoms with van der Waals surface area (Å²) in [4.78, 5) is 11.2. The van der Waals surface area contributed by atoms with Gasteiger partial charge < -0.3 is 5.11 Å². The number of hydrogen-bond donors (Lipinski definition) is 1. The molecule has 0 aliphatic heterocycles. The van der Waals surface area contributed by atoms with Gasteiger partial charge in [0.1, 0.15) is 0 Å². The van der Waals surface area contributed by atoms with E-state index in [1.54, 1.807) is 6.07 Å². The van der Waals surface area contributed by atoms with Crippen LogP contribution in [0.3, 0.4) is 0 Å². The predicted octanol–water partition coefficient (Wildman–Crippen LogP) is 4.63. The van der Waals surface area contributed by atoms with Crippen LogP contribution in [0, 0.1) is 6.92 Å². The molecule has 0 atom stereocenters. The fraction of sp³-hybridized carbons (Fsp3) is 0.278. The summed E-state index contributed by atoms with van der Waals surface area (Å²) in [7, 11) is 0. The van der Waals surface area contributed by atoms with Gasteiger partial charge in [-0.15, -0.1) is 0 Å². The van der Waals surface area contributed by atoms with E-state index >= 15 is 0 Å². The normalized spacial score (nSPS) is 14.8. The van der Waals surface area contributed by atoms with Gasteiger partial charge in [-0.25, -0.2) is 4.79 Å². The van der Waals surface area contributed by atoms with Gasteiger partial charge in [-0.3, -0.25) is 0 Å². The highest BCUT2D eigenvalue weighted by atomic mass is 16.4. The van der Waals surface area contributed by atoms with Crippen LogP contribution < -0.4 is 0 Å². The molecular formula is C18H18O2. The molecule has 2 aromatic carbocycles. The fourth-order valence-corrected chi connectivity index (χ4v) is 2.72. The van der Waals surface area contributed by atoms with Gasteiger partial charge in [-0.1, -0.05) is 42.8 Å². The molecule has 0 unspecified atom stereocenters. The van der Waals surface area contributed by atoms with E-state index in [0.29, 0.717) is 5.56 Å². The molecule has 2 aromatic rings. The summed E-state index contributed by atoms with van der Waals surface area (Å²) in [5, 5.41) is 9.19. The molecule has 2 nitrogen and oxygen atoms in total. The average molecular weight is 266 g/mol. The standard InChI is InChI=1S/C18H18O2/c1-12-5-6-16(11-17(12)18(19)20)15-9-7-14(8-10-15)13-3-2-4-13/h5-11,13H,2-4H2,1H3,(H,19,20). The van der Waals surface area contributed by atoms with Crippen molar-refractivity contribution >= 4 is 5.97 Å². The molecular weight excluding hydrogens is 248 g/mol. The minimum absolute atomic E-state index is 0.380. The summed E-state index contributed by atoms with van der Waals surface area (Å²) in [6.07, 6.45) is 3.94. The largest absolute Gasteiger partial charge is 0.478 e. The van der Waals surface area contributed by atoms with E-state index < -0.39 is 5.97 Å². The number of rotatable bonds is 3. The Morgan fingerprint density at radius 3 is 2.25 bits per heavy atom. The summed E-state index contributed by atoms with van der Waals surface area (Å²) in [6, 6.07) is 14.2. The lowest BCUT2D eigenvalue weighted by Crippen LogP contribution is -2.08. The van der Waals surface area contributed by atoms with E-state index in [2.05, 4.69) is 24.3 Å². The average Bonchev–Trinajstić information content (AvgIpc) is 2.38. The van der Waals surface area contributed by atoms with E-state index in [1.807, 2.05) is 19.1 Å². The van der Waals surface area contributed by atoms with Crippen molar-refractivity contribution in [2.45, 2.75) is 32.1 Å². The SMILES string of the molecule is Cc1ccc(-c2ccc(C3CCC3)cc2)cc1C(=O)O. The highest BCUT2D eigenvalue weighted by molar-refractivity contribution is 5.91. The Bertz CT molecular complexity index is 637. The van der Waals surface area contributed by atoms with Crippen molar-refractivity contribution in [2.24, 2.45) is 0 Å². The molecule has 0 aromatic heterocycles. The second kappa shape index (κ2) is 5.12. The van der Waals surface area contributed by atoms with Crippen LogP contribution >= 0.6 is 0 Å². The van der Waals surface area contributed by atoms with Crippen molar-refractivity contribution in [2.75, 3.05) is 0 Å². The van der Waals surface area contributed by atoms with Crippen molar-refractivity contribution in [1.29, 1.82) is 0 Å². The van der Waals surface area contributed by atoms with Gasteiger partial charge in [0, 0.05) is 0 Å². The predicted molar refractivity (Wildman–Crippen MR) is 80.2 cm³/mol. The van der Waals surface area contributed by atoms with Crippen LogP contribution in [0.15, 0.2) is 42.5 Å². The molecule has 2 heteroatoms. The van der Waals surface area contributed by atoms with Crippen LogP contribution in [0.2, 0.25) is 0 Å². The third-order valence-electron chi connectivity index (χ3n) is 4.29. The van der Waals surface area contributed by atoms with Crippen LogP contribution in [0.5, 0.6) is 0 Å². The van der Waals surface area contributed by atoms with E-state index in [1.165, 1.54) is 24.8 Å². The monoisotopic (exact) mass is 266 g/mol. The molecule has 1 aliphatic rings. The summed E-state index contributed by atoms with van der Waals surface area (Å²) < 4.78 is 0. The maximum Gasteiger partial charge on any atom is 0.335 e. The molecule has 0 bridgehead atoms. The lowest BCUT2D eigenvalue weighted by molar-refractivity contribution is 0.0696. The number of carboxylic acids is 1. The first-order valence-electron chi connectivity index (χ1n) is 7.09. The molecule has 102 valence electrons. The molecule has 20 heavy (non-hydrogen) atoms. The Hall–Kier alpha value is -2.09. The van der Waals surface area contributed by atoms with Gasteiger partial charge in [0.05, 0.1) is 5.56 Å². The maximum atomic E-state index is 11.2. The lowest BCUT2D eigenvalue weighted by Gasteiger charge is -2.25. The highest BCUT2D eigenvalue weighted by Crippen LogP contribution is 2.37. The van der Waals surface area contributed by atoms with Crippen molar-refractivity contribution in [1.82, 2.24) is 0 Å². The van der Waals surface area contributed by atoms with E-state index in [-0.39, 0.29) is 0 Å². The van der Waals surface area contributed by atoms with Gasteiger partial charge >= 0.3 is 5.97 Å². The number of carbonyl (C=O) groups is 1.